The zero-order valence-electron chi connectivity index (χ0n) is 26.5. The standard InChI is InChI=1S/2C19H20O4/c1-13(20)12-23-19(22)14(2)16-9-6-10-17(11-16)18(21)15-7-4-3-5-8-15;1-13(12-20)23-19(22)14(2)16-9-6-10-17(11-16)18(21)15-7-4-3-5-8-15/h2*3-11,13-14,20H,12H2,1-2H3. The van der Waals surface area contributed by atoms with Crippen molar-refractivity contribution in [3.8, 4) is 0 Å². The monoisotopic (exact) mass is 624 g/mol. The van der Waals surface area contributed by atoms with E-state index < -0.39 is 36.0 Å². The largest absolute Gasteiger partial charge is 0.462 e. The Morgan fingerprint density at radius 1 is 0.587 bits per heavy atom. The number of hydrogen-bond donors (Lipinski definition) is 2. The fourth-order valence-corrected chi connectivity index (χ4v) is 4.35. The van der Waals surface area contributed by atoms with Crippen LogP contribution in [0.4, 0.5) is 0 Å². The number of aliphatic hydroxyl groups is 2. The van der Waals surface area contributed by atoms with E-state index in [1.165, 1.54) is 0 Å². The number of hydrogen-bond acceptors (Lipinski definition) is 8. The second kappa shape index (κ2) is 17.5. The molecule has 0 heterocycles. The highest BCUT2D eigenvalue weighted by Crippen LogP contribution is 2.22. The van der Waals surface area contributed by atoms with Crippen LogP contribution in [0.25, 0.3) is 0 Å². The lowest BCUT2D eigenvalue weighted by Gasteiger charge is -2.16. The molecule has 4 atom stereocenters. The third kappa shape index (κ3) is 10.3. The van der Waals surface area contributed by atoms with Crippen molar-refractivity contribution in [1.29, 1.82) is 0 Å². The van der Waals surface area contributed by atoms with Gasteiger partial charge in [-0.3, -0.25) is 19.2 Å². The van der Waals surface area contributed by atoms with Crippen LogP contribution in [0.3, 0.4) is 0 Å². The van der Waals surface area contributed by atoms with E-state index in [9.17, 15) is 24.3 Å². The van der Waals surface area contributed by atoms with Gasteiger partial charge in [0.25, 0.3) is 0 Å². The summed E-state index contributed by atoms with van der Waals surface area (Å²) in [6.45, 7) is 6.36. The number of esters is 2. The van der Waals surface area contributed by atoms with E-state index in [-0.39, 0.29) is 24.8 Å². The molecule has 46 heavy (non-hydrogen) atoms. The summed E-state index contributed by atoms with van der Waals surface area (Å²) in [6, 6.07) is 32.0. The Bertz CT molecular complexity index is 1600. The van der Waals surface area contributed by atoms with Gasteiger partial charge in [-0.05, 0) is 51.0 Å². The van der Waals surface area contributed by atoms with Crippen molar-refractivity contribution in [2.75, 3.05) is 13.2 Å². The summed E-state index contributed by atoms with van der Waals surface area (Å²) in [7, 11) is 0. The van der Waals surface area contributed by atoms with Crippen molar-refractivity contribution < 1.29 is 38.9 Å². The molecule has 240 valence electrons. The van der Waals surface area contributed by atoms with Crippen molar-refractivity contribution in [3.63, 3.8) is 0 Å². The molecule has 0 aromatic heterocycles. The molecular formula is C38H40O8. The lowest BCUT2D eigenvalue weighted by atomic mass is 9.96. The number of ether oxygens (including phenoxy) is 2. The number of carbonyl (C=O) groups is 4. The zero-order valence-corrected chi connectivity index (χ0v) is 26.5. The summed E-state index contributed by atoms with van der Waals surface area (Å²) in [5, 5.41) is 18.1. The van der Waals surface area contributed by atoms with Crippen LogP contribution in [0.1, 0.15) is 82.5 Å². The van der Waals surface area contributed by atoms with Gasteiger partial charge in [0.2, 0.25) is 0 Å². The minimum absolute atomic E-state index is 0.0359. The Kier molecular flexibility index (Phi) is 13.6. The molecule has 4 aromatic carbocycles. The lowest BCUT2D eigenvalue weighted by Crippen LogP contribution is -2.22. The van der Waals surface area contributed by atoms with Crippen LogP contribution >= 0.6 is 0 Å². The second-order valence-electron chi connectivity index (χ2n) is 11.0. The van der Waals surface area contributed by atoms with Gasteiger partial charge >= 0.3 is 11.9 Å². The van der Waals surface area contributed by atoms with Crippen LogP contribution in [0.15, 0.2) is 109 Å². The van der Waals surface area contributed by atoms with Gasteiger partial charge in [0, 0.05) is 22.3 Å². The number of benzene rings is 4. The van der Waals surface area contributed by atoms with E-state index in [2.05, 4.69) is 0 Å². The average molecular weight is 625 g/mol. The first-order chi connectivity index (χ1) is 22.0. The molecular weight excluding hydrogens is 584 g/mol. The SMILES string of the molecule is CC(CO)OC(=O)C(C)c1cccc(C(=O)c2ccccc2)c1.CC(O)COC(=O)C(C)c1cccc(C(=O)c2ccccc2)c1. The van der Waals surface area contributed by atoms with E-state index >= 15 is 0 Å². The van der Waals surface area contributed by atoms with Crippen LogP contribution in [-0.2, 0) is 19.1 Å². The van der Waals surface area contributed by atoms with E-state index in [1.54, 1.807) is 100 Å². The predicted octanol–water partition coefficient (Wildman–Crippen LogP) is 5.89. The molecule has 8 heteroatoms. The van der Waals surface area contributed by atoms with Crippen LogP contribution in [0, 0.1) is 0 Å². The quantitative estimate of drug-likeness (QED) is 0.148. The van der Waals surface area contributed by atoms with E-state index in [0.717, 1.165) is 0 Å². The van der Waals surface area contributed by atoms with Crippen molar-refractivity contribution >= 4 is 23.5 Å². The second-order valence-corrected chi connectivity index (χ2v) is 11.0. The van der Waals surface area contributed by atoms with Gasteiger partial charge in [-0.2, -0.15) is 0 Å². The van der Waals surface area contributed by atoms with Gasteiger partial charge < -0.3 is 19.7 Å². The fraction of sp³-hybridized carbons (Fsp3) is 0.263. The number of ketones is 2. The fourth-order valence-electron chi connectivity index (χ4n) is 4.35. The van der Waals surface area contributed by atoms with E-state index in [4.69, 9.17) is 14.6 Å². The molecule has 0 spiro atoms. The lowest BCUT2D eigenvalue weighted by molar-refractivity contribution is -0.151. The molecule has 4 aromatic rings. The normalized spacial score (nSPS) is 13.2. The Labute approximate surface area is 269 Å². The molecule has 0 saturated carbocycles. The summed E-state index contributed by atoms with van der Waals surface area (Å²) in [6.07, 6.45) is -1.24. The Morgan fingerprint density at radius 3 is 1.41 bits per heavy atom. The van der Waals surface area contributed by atoms with Crippen LogP contribution in [0.5, 0.6) is 0 Å². The van der Waals surface area contributed by atoms with Crippen molar-refractivity contribution in [3.05, 3.63) is 143 Å². The summed E-state index contributed by atoms with van der Waals surface area (Å²) in [5.41, 5.74) is 3.69. The van der Waals surface area contributed by atoms with Gasteiger partial charge in [-0.25, -0.2) is 0 Å². The first-order valence-electron chi connectivity index (χ1n) is 15.1. The number of rotatable bonds is 12. The van der Waals surface area contributed by atoms with Crippen molar-refractivity contribution in [2.45, 2.75) is 51.7 Å². The van der Waals surface area contributed by atoms with Gasteiger partial charge in [-0.15, -0.1) is 0 Å². The molecule has 0 aliphatic carbocycles. The highest BCUT2D eigenvalue weighted by atomic mass is 16.6. The Morgan fingerprint density at radius 2 is 1.00 bits per heavy atom. The first kappa shape index (κ1) is 35.6. The number of carbonyl (C=O) groups excluding carboxylic acids is 4. The van der Waals surface area contributed by atoms with Gasteiger partial charge in [-0.1, -0.05) is 97.1 Å². The maximum absolute atomic E-state index is 12.5. The molecule has 0 aliphatic rings. The minimum Gasteiger partial charge on any atom is -0.462 e. The topological polar surface area (TPSA) is 127 Å². The molecule has 0 aliphatic heterocycles. The van der Waals surface area contributed by atoms with Crippen LogP contribution < -0.4 is 0 Å². The molecule has 4 rings (SSSR count). The van der Waals surface area contributed by atoms with Gasteiger partial charge in [0.1, 0.15) is 12.7 Å². The maximum atomic E-state index is 12.5. The minimum atomic E-state index is -0.697. The highest BCUT2D eigenvalue weighted by Gasteiger charge is 2.21. The van der Waals surface area contributed by atoms with E-state index in [1.807, 2.05) is 36.4 Å². The summed E-state index contributed by atoms with van der Waals surface area (Å²) in [4.78, 5) is 48.9. The third-order valence-electron chi connectivity index (χ3n) is 7.12. The van der Waals surface area contributed by atoms with E-state index in [0.29, 0.717) is 33.4 Å². The van der Waals surface area contributed by atoms with Crippen LogP contribution in [-0.4, -0.2) is 59.1 Å². The maximum Gasteiger partial charge on any atom is 0.313 e. The Balaban J connectivity index is 0.000000250. The molecule has 4 unspecified atom stereocenters. The van der Waals surface area contributed by atoms with Crippen LogP contribution in [0.2, 0.25) is 0 Å². The third-order valence-corrected chi connectivity index (χ3v) is 7.12. The summed E-state index contributed by atoms with van der Waals surface area (Å²) < 4.78 is 10.2. The van der Waals surface area contributed by atoms with Crippen molar-refractivity contribution in [1.82, 2.24) is 0 Å². The first-order valence-corrected chi connectivity index (χ1v) is 15.1. The average Bonchev–Trinajstić information content (AvgIpc) is 3.10. The molecule has 2 N–H and O–H groups in total. The molecule has 0 bridgehead atoms. The molecule has 0 amide bonds. The molecule has 0 saturated heterocycles. The number of aliphatic hydroxyl groups excluding tert-OH is 2. The van der Waals surface area contributed by atoms with Crippen molar-refractivity contribution in [2.24, 2.45) is 0 Å². The smallest absolute Gasteiger partial charge is 0.313 e. The molecule has 0 fully saturated rings. The molecule has 0 radical (unpaired) electrons. The summed E-state index contributed by atoms with van der Waals surface area (Å²) in [5.74, 6) is -2.02. The van der Waals surface area contributed by atoms with Gasteiger partial charge in [0.05, 0.1) is 24.5 Å². The predicted molar refractivity (Wildman–Crippen MR) is 175 cm³/mol. The zero-order chi connectivity index (χ0) is 33.6. The van der Waals surface area contributed by atoms with Gasteiger partial charge in [0.15, 0.2) is 11.6 Å². The summed E-state index contributed by atoms with van der Waals surface area (Å²) >= 11 is 0. The molecule has 8 nitrogen and oxygen atoms in total. The Hall–Kier alpha value is -4.92. The highest BCUT2D eigenvalue weighted by molar-refractivity contribution is 6.09.